The highest BCUT2D eigenvalue weighted by Crippen LogP contribution is 2.07. The molecule has 1 nitrogen and oxygen atoms in total. The molecule has 0 N–H and O–H groups in total. The molecule has 0 spiro atoms. The number of benzene rings is 3. The highest BCUT2D eigenvalue weighted by molar-refractivity contribution is 5.93. The Kier molecular flexibility index (Phi) is 6.55. The van der Waals surface area contributed by atoms with Crippen molar-refractivity contribution in [1.82, 2.24) is 0 Å². The van der Waals surface area contributed by atoms with Crippen molar-refractivity contribution in [3.63, 3.8) is 0 Å². The van der Waals surface area contributed by atoms with E-state index in [1.807, 2.05) is 66.7 Å². The summed E-state index contributed by atoms with van der Waals surface area (Å²) in [5.74, 6) is 0.121. The molecule has 0 unspecified atom stereocenters. The summed E-state index contributed by atoms with van der Waals surface area (Å²) in [6.45, 7) is 1.56. The first-order valence-electron chi connectivity index (χ1n) is 7.60. The third-order valence-corrected chi connectivity index (χ3v) is 3.25. The molecule has 0 aromatic heterocycles. The summed E-state index contributed by atoms with van der Waals surface area (Å²) in [6.07, 6.45) is 4.24. The molecule has 0 saturated heterocycles. The normalized spacial score (nSPS) is 9.96. The maximum Gasteiger partial charge on any atom is 0.159 e. The van der Waals surface area contributed by atoms with E-state index < -0.39 is 0 Å². The molecule has 0 saturated carbocycles. The van der Waals surface area contributed by atoms with Crippen molar-refractivity contribution < 1.29 is 4.79 Å². The van der Waals surface area contributed by atoms with E-state index in [0.29, 0.717) is 0 Å². The fourth-order valence-electron chi connectivity index (χ4n) is 1.99. The highest BCUT2D eigenvalue weighted by Gasteiger charge is 1.92. The number of Topliss-reactive ketones (excluding diaryl/α,β-unsaturated/α-hetero) is 1. The second kappa shape index (κ2) is 9.16. The zero-order valence-electron chi connectivity index (χ0n) is 13.2. The minimum atomic E-state index is 0.121. The van der Waals surface area contributed by atoms with Gasteiger partial charge in [-0.25, -0.2) is 0 Å². The van der Waals surface area contributed by atoms with Gasteiger partial charge in [-0.3, -0.25) is 4.79 Å². The molecule has 114 valence electrons. The Morgan fingerprint density at radius 1 is 0.609 bits per heavy atom. The van der Waals surface area contributed by atoms with Crippen LogP contribution in [-0.2, 0) is 0 Å². The molecule has 3 rings (SSSR count). The van der Waals surface area contributed by atoms with Gasteiger partial charge in [-0.05, 0) is 18.1 Å². The van der Waals surface area contributed by atoms with E-state index in [4.69, 9.17) is 0 Å². The van der Waals surface area contributed by atoms with Crippen molar-refractivity contribution in [1.29, 1.82) is 0 Å². The highest BCUT2D eigenvalue weighted by atomic mass is 16.1. The molecule has 1 heteroatoms. The van der Waals surface area contributed by atoms with Gasteiger partial charge >= 0.3 is 0 Å². The van der Waals surface area contributed by atoms with Crippen LogP contribution >= 0.6 is 0 Å². The first-order chi connectivity index (χ1) is 11.3. The van der Waals surface area contributed by atoms with Crippen molar-refractivity contribution in [2.24, 2.45) is 0 Å². The van der Waals surface area contributed by atoms with E-state index in [0.717, 1.165) is 5.56 Å². The summed E-state index contributed by atoms with van der Waals surface area (Å²) in [5.41, 5.74) is 3.24. The van der Waals surface area contributed by atoms with Crippen LogP contribution in [0.4, 0.5) is 0 Å². The van der Waals surface area contributed by atoms with Crippen LogP contribution in [0.5, 0.6) is 0 Å². The van der Waals surface area contributed by atoms with Crippen LogP contribution in [0.2, 0.25) is 0 Å². The summed E-state index contributed by atoms with van der Waals surface area (Å²) in [6, 6.07) is 29.9. The molecule has 0 aliphatic rings. The first kappa shape index (κ1) is 16.4. The quantitative estimate of drug-likeness (QED) is 0.445. The molecule has 0 fully saturated rings. The van der Waals surface area contributed by atoms with Crippen LogP contribution < -0.4 is 0 Å². The maximum atomic E-state index is 10.6. The van der Waals surface area contributed by atoms with Crippen LogP contribution in [0.1, 0.15) is 28.4 Å². The van der Waals surface area contributed by atoms with E-state index in [9.17, 15) is 4.79 Å². The van der Waals surface area contributed by atoms with Gasteiger partial charge in [-0.15, -0.1) is 0 Å². The second-order valence-electron chi connectivity index (χ2n) is 5.08. The lowest BCUT2D eigenvalue weighted by Gasteiger charge is -1.92. The molecule has 3 aromatic rings. The second-order valence-corrected chi connectivity index (χ2v) is 5.08. The van der Waals surface area contributed by atoms with Gasteiger partial charge in [0.1, 0.15) is 0 Å². The SMILES string of the molecule is C(=Cc1ccccc1)c1ccccc1.CC(=O)c1ccccc1. The number of rotatable bonds is 3. The van der Waals surface area contributed by atoms with E-state index in [-0.39, 0.29) is 5.78 Å². The number of ketones is 1. The van der Waals surface area contributed by atoms with Gasteiger partial charge in [0, 0.05) is 5.56 Å². The molecular formula is C22H20O. The van der Waals surface area contributed by atoms with Gasteiger partial charge < -0.3 is 0 Å². The molecule has 0 aliphatic carbocycles. The number of hydrogen-bond acceptors (Lipinski definition) is 1. The molecule has 0 heterocycles. The van der Waals surface area contributed by atoms with E-state index in [1.165, 1.54) is 11.1 Å². The molecule has 0 radical (unpaired) electrons. The van der Waals surface area contributed by atoms with Crippen LogP contribution in [0.25, 0.3) is 12.2 Å². The Labute approximate surface area is 137 Å². The average Bonchev–Trinajstić information content (AvgIpc) is 2.63. The molecule has 3 aromatic carbocycles. The molecule has 0 amide bonds. The maximum absolute atomic E-state index is 10.6. The van der Waals surface area contributed by atoms with Crippen molar-refractivity contribution >= 4 is 17.9 Å². The van der Waals surface area contributed by atoms with Crippen molar-refractivity contribution in [2.45, 2.75) is 6.92 Å². The minimum absolute atomic E-state index is 0.121. The fourth-order valence-corrected chi connectivity index (χ4v) is 1.99. The van der Waals surface area contributed by atoms with Gasteiger partial charge in [0.2, 0.25) is 0 Å². The average molecular weight is 300 g/mol. The van der Waals surface area contributed by atoms with Crippen LogP contribution in [-0.4, -0.2) is 5.78 Å². The van der Waals surface area contributed by atoms with Crippen LogP contribution in [0.15, 0.2) is 91.0 Å². The largest absolute Gasteiger partial charge is 0.295 e. The summed E-state index contributed by atoms with van der Waals surface area (Å²) < 4.78 is 0. The molecule has 0 atom stereocenters. The van der Waals surface area contributed by atoms with Gasteiger partial charge in [-0.1, -0.05) is 103 Å². The van der Waals surface area contributed by atoms with Crippen molar-refractivity contribution in [3.8, 4) is 0 Å². The first-order valence-corrected chi connectivity index (χ1v) is 7.60. The topological polar surface area (TPSA) is 17.1 Å². The predicted molar refractivity (Wildman–Crippen MR) is 98.3 cm³/mol. The molecular weight excluding hydrogens is 280 g/mol. The van der Waals surface area contributed by atoms with E-state index in [2.05, 4.69) is 36.4 Å². The molecule has 23 heavy (non-hydrogen) atoms. The Hall–Kier alpha value is -2.93. The third kappa shape index (κ3) is 6.15. The lowest BCUT2D eigenvalue weighted by molar-refractivity contribution is 0.101. The minimum Gasteiger partial charge on any atom is -0.295 e. The predicted octanol–water partition coefficient (Wildman–Crippen LogP) is 5.75. The van der Waals surface area contributed by atoms with Crippen LogP contribution in [0.3, 0.4) is 0 Å². The Morgan fingerprint density at radius 3 is 1.26 bits per heavy atom. The lowest BCUT2D eigenvalue weighted by Crippen LogP contribution is -1.88. The zero-order valence-corrected chi connectivity index (χ0v) is 13.2. The number of hydrogen-bond donors (Lipinski definition) is 0. The van der Waals surface area contributed by atoms with Crippen molar-refractivity contribution in [3.05, 3.63) is 108 Å². The molecule has 0 aliphatic heterocycles. The Bertz CT molecular complexity index is 687. The number of carbonyl (C=O) groups excluding carboxylic acids is 1. The van der Waals surface area contributed by atoms with E-state index >= 15 is 0 Å². The lowest BCUT2D eigenvalue weighted by atomic mass is 10.1. The van der Waals surface area contributed by atoms with E-state index in [1.54, 1.807) is 6.92 Å². The monoisotopic (exact) mass is 300 g/mol. The van der Waals surface area contributed by atoms with Crippen molar-refractivity contribution in [2.75, 3.05) is 0 Å². The smallest absolute Gasteiger partial charge is 0.159 e. The molecule has 0 bridgehead atoms. The summed E-state index contributed by atoms with van der Waals surface area (Å²) in [4.78, 5) is 10.6. The van der Waals surface area contributed by atoms with Crippen LogP contribution in [0, 0.1) is 0 Å². The zero-order chi connectivity index (χ0) is 16.3. The van der Waals surface area contributed by atoms with Gasteiger partial charge in [0.15, 0.2) is 5.78 Å². The van der Waals surface area contributed by atoms with Gasteiger partial charge in [0.25, 0.3) is 0 Å². The number of carbonyl (C=O) groups is 1. The fraction of sp³-hybridized carbons (Fsp3) is 0.0455. The standard InChI is InChI=1S/C14H12.C8H8O/c1-3-7-13(8-4-1)11-12-14-9-5-2-6-10-14;1-7(9)8-5-3-2-4-6-8/h1-12H;2-6H,1H3. The Balaban J connectivity index is 0.000000185. The third-order valence-electron chi connectivity index (χ3n) is 3.25. The summed E-state index contributed by atoms with van der Waals surface area (Å²) in [7, 11) is 0. The summed E-state index contributed by atoms with van der Waals surface area (Å²) >= 11 is 0. The van der Waals surface area contributed by atoms with Gasteiger partial charge in [0.05, 0.1) is 0 Å². The van der Waals surface area contributed by atoms with Gasteiger partial charge in [-0.2, -0.15) is 0 Å². The Morgan fingerprint density at radius 2 is 0.957 bits per heavy atom. The summed E-state index contributed by atoms with van der Waals surface area (Å²) in [5, 5.41) is 0.